The minimum absolute atomic E-state index is 0.0227. The van der Waals surface area contributed by atoms with Gasteiger partial charge in [-0.1, -0.05) is 41.8 Å². The number of rotatable bonds is 1. The van der Waals surface area contributed by atoms with Gasteiger partial charge in [0, 0.05) is 0 Å². The van der Waals surface area contributed by atoms with E-state index in [4.69, 9.17) is 23.2 Å². The molecule has 2 unspecified atom stereocenters. The summed E-state index contributed by atoms with van der Waals surface area (Å²) in [5.74, 6) is 1.14. The van der Waals surface area contributed by atoms with Crippen LogP contribution in [0, 0.1) is 11.8 Å². The van der Waals surface area contributed by atoms with Crippen LogP contribution in [0.5, 0.6) is 0 Å². The standard InChI is InChI=1S/C13H12Cl2N2O/c14-11-7-16-17(13(18)12(11)15)10-5-4-8-2-1-3-9(8)6-10/h4-9H,1-3H2. The summed E-state index contributed by atoms with van der Waals surface area (Å²) in [6, 6.07) is 0. The lowest BCUT2D eigenvalue weighted by Crippen LogP contribution is -2.23. The molecule has 5 heteroatoms. The van der Waals surface area contributed by atoms with Gasteiger partial charge in [0.25, 0.3) is 5.56 Å². The van der Waals surface area contributed by atoms with E-state index in [2.05, 4.69) is 17.3 Å². The number of hydrogen-bond donors (Lipinski definition) is 0. The first-order valence-corrected chi connectivity index (χ1v) is 6.76. The van der Waals surface area contributed by atoms with E-state index >= 15 is 0 Å². The molecule has 0 radical (unpaired) electrons. The van der Waals surface area contributed by atoms with Crippen LogP contribution in [-0.2, 0) is 0 Å². The highest BCUT2D eigenvalue weighted by Gasteiger charge is 2.26. The van der Waals surface area contributed by atoms with Gasteiger partial charge in [-0.3, -0.25) is 4.79 Å². The minimum Gasteiger partial charge on any atom is -0.266 e. The van der Waals surface area contributed by atoms with Gasteiger partial charge < -0.3 is 0 Å². The monoisotopic (exact) mass is 282 g/mol. The first-order chi connectivity index (χ1) is 8.66. The Kier molecular flexibility index (Phi) is 3.04. The molecule has 0 saturated heterocycles. The maximum absolute atomic E-state index is 12.0. The Labute approximate surface area is 115 Å². The zero-order chi connectivity index (χ0) is 12.7. The van der Waals surface area contributed by atoms with Crippen molar-refractivity contribution >= 4 is 28.9 Å². The number of halogens is 2. The normalized spacial score (nSPS) is 26.0. The second-order valence-electron chi connectivity index (χ2n) is 4.73. The summed E-state index contributed by atoms with van der Waals surface area (Å²) >= 11 is 11.6. The topological polar surface area (TPSA) is 34.9 Å². The lowest BCUT2D eigenvalue weighted by molar-refractivity contribution is 0.549. The summed E-state index contributed by atoms with van der Waals surface area (Å²) in [5.41, 5.74) is 0.429. The molecule has 1 heterocycles. The molecule has 18 heavy (non-hydrogen) atoms. The van der Waals surface area contributed by atoms with E-state index in [1.807, 2.05) is 6.08 Å². The number of allylic oxidation sites excluding steroid dienone is 4. The molecular weight excluding hydrogens is 271 g/mol. The van der Waals surface area contributed by atoms with E-state index in [-0.39, 0.29) is 15.6 Å². The van der Waals surface area contributed by atoms with Crippen LogP contribution in [0.4, 0.5) is 0 Å². The van der Waals surface area contributed by atoms with E-state index in [1.54, 1.807) is 0 Å². The van der Waals surface area contributed by atoms with Crippen LogP contribution in [0.2, 0.25) is 10.0 Å². The van der Waals surface area contributed by atoms with Crippen LogP contribution in [0.15, 0.2) is 29.2 Å². The zero-order valence-electron chi connectivity index (χ0n) is 9.64. The molecule has 1 fully saturated rings. The highest BCUT2D eigenvalue weighted by Crippen LogP contribution is 2.37. The van der Waals surface area contributed by atoms with Gasteiger partial charge in [0.15, 0.2) is 0 Å². The van der Waals surface area contributed by atoms with Gasteiger partial charge in [-0.15, -0.1) is 0 Å². The van der Waals surface area contributed by atoms with E-state index in [1.165, 1.54) is 30.1 Å². The van der Waals surface area contributed by atoms with Gasteiger partial charge >= 0.3 is 0 Å². The second kappa shape index (κ2) is 4.56. The molecule has 94 valence electrons. The van der Waals surface area contributed by atoms with E-state index < -0.39 is 0 Å². The molecule has 1 aromatic heterocycles. The van der Waals surface area contributed by atoms with Crippen molar-refractivity contribution in [2.45, 2.75) is 19.3 Å². The molecule has 3 rings (SSSR count). The molecule has 3 nitrogen and oxygen atoms in total. The molecule has 1 aromatic rings. The summed E-state index contributed by atoms with van der Waals surface area (Å²) < 4.78 is 1.32. The molecule has 1 saturated carbocycles. The highest BCUT2D eigenvalue weighted by atomic mass is 35.5. The fraction of sp³-hybridized carbons (Fsp3) is 0.385. The maximum Gasteiger partial charge on any atom is 0.291 e. The number of hydrogen-bond acceptors (Lipinski definition) is 2. The van der Waals surface area contributed by atoms with Crippen molar-refractivity contribution in [3.8, 4) is 0 Å². The average Bonchev–Trinajstić information content (AvgIpc) is 2.83. The van der Waals surface area contributed by atoms with Crippen molar-refractivity contribution in [1.29, 1.82) is 0 Å². The quantitative estimate of drug-likeness (QED) is 0.792. The van der Waals surface area contributed by atoms with Crippen LogP contribution >= 0.6 is 23.2 Å². The predicted molar refractivity (Wildman–Crippen MR) is 72.8 cm³/mol. The first-order valence-electron chi connectivity index (χ1n) is 6.00. The molecule has 2 aliphatic carbocycles. The first kappa shape index (κ1) is 12.0. The largest absolute Gasteiger partial charge is 0.291 e. The Bertz CT molecular complexity index is 603. The molecule has 0 spiro atoms. The third-order valence-corrected chi connectivity index (χ3v) is 4.39. The van der Waals surface area contributed by atoms with Gasteiger partial charge in [-0.2, -0.15) is 9.78 Å². The van der Waals surface area contributed by atoms with Crippen molar-refractivity contribution in [1.82, 2.24) is 9.78 Å². The Hall–Kier alpha value is -1.06. The fourth-order valence-electron chi connectivity index (χ4n) is 2.70. The van der Waals surface area contributed by atoms with Crippen molar-refractivity contribution in [3.63, 3.8) is 0 Å². The van der Waals surface area contributed by atoms with Gasteiger partial charge in [0.1, 0.15) is 5.02 Å². The Morgan fingerprint density at radius 2 is 2.06 bits per heavy atom. The summed E-state index contributed by atoms with van der Waals surface area (Å²) in [7, 11) is 0. The summed E-state index contributed by atoms with van der Waals surface area (Å²) in [5, 5.41) is 4.26. The molecule has 0 aromatic carbocycles. The SMILES string of the molecule is O=c1c(Cl)c(Cl)cnn1C1=CC2CCCC2C=C1. The van der Waals surface area contributed by atoms with Crippen LogP contribution in [0.25, 0.3) is 5.70 Å². The van der Waals surface area contributed by atoms with Crippen molar-refractivity contribution in [2.24, 2.45) is 11.8 Å². The molecule has 0 amide bonds. The van der Waals surface area contributed by atoms with Gasteiger partial charge in [0.05, 0.1) is 16.9 Å². The minimum atomic E-state index is -0.364. The van der Waals surface area contributed by atoms with Gasteiger partial charge in [-0.05, 0) is 30.8 Å². The molecule has 2 atom stereocenters. The summed E-state index contributed by atoms with van der Waals surface area (Å²) in [6.45, 7) is 0. The Balaban J connectivity index is 2.04. The number of fused-ring (bicyclic) bond motifs is 1. The Morgan fingerprint density at radius 1 is 1.28 bits per heavy atom. The van der Waals surface area contributed by atoms with Crippen molar-refractivity contribution in [3.05, 3.63) is 44.8 Å². The van der Waals surface area contributed by atoms with E-state index in [9.17, 15) is 4.79 Å². The molecular formula is C13H12Cl2N2O. The molecule has 0 N–H and O–H groups in total. The van der Waals surface area contributed by atoms with Crippen molar-refractivity contribution in [2.75, 3.05) is 0 Å². The number of nitrogens with zero attached hydrogens (tertiary/aromatic N) is 2. The summed E-state index contributed by atoms with van der Waals surface area (Å²) in [6.07, 6.45) is 11.3. The highest BCUT2D eigenvalue weighted by molar-refractivity contribution is 6.41. The third kappa shape index (κ3) is 1.91. The van der Waals surface area contributed by atoms with E-state index in [0.717, 1.165) is 5.70 Å². The summed E-state index contributed by atoms with van der Waals surface area (Å²) in [4.78, 5) is 12.0. The van der Waals surface area contributed by atoms with Crippen LogP contribution < -0.4 is 5.56 Å². The van der Waals surface area contributed by atoms with Crippen molar-refractivity contribution < 1.29 is 0 Å². The maximum atomic E-state index is 12.0. The molecule has 0 bridgehead atoms. The predicted octanol–water partition coefficient (Wildman–Crippen LogP) is 3.38. The smallest absolute Gasteiger partial charge is 0.266 e. The van der Waals surface area contributed by atoms with Gasteiger partial charge in [0.2, 0.25) is 0 Å². The number of aromatic nitrogens is 2. The van der Waals surface area contributed by atoms with Crippen LogP contribution in [0.3, 0.4) is 0 Å². The van der Waals surface area contributed by atoms with E-state index in [0.29, 0.717) is 11.8 Å². The van der Waals surface area contributed by atoms with Gasteiger partial charge in [-0.25, -0.2) is 0 Å². The Morgan fingerprint density at radius 3 is 2.89 bits per heavy atom. The third-order valence-electron chi connectivity index (χ3n) is 3.64. The second-order valence-corrected chi connectivity index (χ2v) is 5.52. The average molecular weight is 283 g/mol. The lowest BCUT2D eigenvalue weighted by atomic mass is 9.91. The lowest BCUT2D eigenvalue weighted by Gasteiger charge is -2.19. The zero-order valence-corrected chi connectivity index (χ0v) is 11.2. The molecule has 2 aliphatic rings. The van der Waals surface area contributed by atoms with Crippen LogP contribution in [0.1, 0.15) is 19.3 Å². The molecule has 0 aliphatic heterocycles. The fourth-order valence-corrected chi connectivity index (χ4v) is 2.95. The van der Waals surface area contributed by atoms with Crippen LogP contribution in [-0.4, -0.2) is 9.78 Å².